The summed E-state index contributed by atoms with van der Waals surface area (Å²) in [5, 5.41) is 2.28. The van der Waals surface area contributed by atoms with Gasteiger partial charge in [0.25, 0.3) is 11.1 Å². The number of rotatable bonds is 6. The van der Waals surface area contributed by atoms with Crippen LogP contribution in [0.4, 0.5) is 10.5 Å². The topological polar surface area (TPSA) is 66.5 Å². The molecule has 1 aliphatic heterocycles. The lowest BCUT2D eigenvalue weighted by Gasteiger charge is -2.12. The quantitative estimate of drug-likeness (QED) is 0.555. The van der Waals surface area contributed by atoms with E-state index < -0.39 is 17.1 Å². The van der Waals surface area contributed by atoms with Gasteiger partial charge < -0.3 is 5.32 Å². The molecule has 3 amide bonds. The smallest absolute Gasteiger partial charge is 0.294 e. The molecule has 0 bridgehead atoms. The van der Waals surface area contributed by atoms with Crippen molar-refractivity contribution in [2.24, 2.45) is 0 Å². The molecule has 7 heteroatoms. The van der Waals surface area contributed by atoms with Crippen molar-refractivity contribution in [3.05, 3.63) is 77.2 Å². The number of carbonyl (C=O) groups excluding carboxylic acids is 3. The van der Waals surface area contributed by atoms with Crippen LogP contribution in [0, 0.1) is 0 Å². The first-order chi connectivity index (χ1) is 13.6. The summed E-state index contributed by atoms with van der Waals surface area (Å²) in [6.07, 6.45) is 7.11. The summed E-state index contributed by atoms with van der Waals surface area (Å²) in [5.41, 5.74) is 1.62. The maximum atomic E-state index is 12.4. The van der Waals surface area contributed by atoms with E-state index in [0.29, 0.717) is 10.6 Å². The van der Waals surface area contributed by atoms with E-state index in [1.165, 1.54) is 0 Å². The molecular weight excluding hydrogens is 392 g/mol. The number of carbonyl (C=O) groups is 3. The Morgan fingerprint density at radius 2 is 1.93 bits per heavy atom. The van der Waals surface area contributed by atoms with Crippen molar-refractivity contribution in [1.29, 1.82) is 0 Å². The van der Waals surface area contributed by atoms with Crippen molar-refractivity contribution in [3.8, 4) is 0 Å². The van der Waals surface area contributed by atoms with Crippen LogP contribution in [0.25, 0.3) is 6.08 Å². The fourth-order valence-electron chi connectivity index (χ4n) is 2.51. The number of nitrogens with zero attached hydrogens (tertiary/aromatic N) is 1. The molecule has 1 N–H and O–H groups in total. The minimum atomic E-state index is -0.458. The summed E-state index contributed by atoms with van der Waals surface area (Å²) in [6.45, 7) is -0.312. The second kappa shape index (κ2) is 9.43. The maximum Gasteiger partial charge on any atom is 0.294 e. The standard InChI is InChI=1S/C21H18N2O3S2/c1-27-17-11-6-10-16(13-17)22-19(24)14-23-20(25)18(28-21(23)26)12-5-9-15-7-3-2-4-8-15/h2-13H,14H2,1H3,(H,22,24)/b9-5+,18-12-. The van der Waals surface area contributed by atoms with E-state index in [2.05, 4.69) is 5.32 Å². The molecule has 2 aromatic carbocycles. The van der Waals surface area contributed by atoms with Gasteiger partial charge in [0.15, 0.2) is 0 Å². The van der Waals surface area contributed by atoms with Crippen LogP contribution in [0.5, 0.6) is 0 Å². The van der Waals surface area contributed by atoms with Crippen molar-refractivity contribution in [1.82, 2.24) is 4.90 Å². The van der Waals surface area contributed by atoms with Gasteiger partial charge in [-0.05, 0) is 47.9 Å². The summed E-state index contributed by atoms with van der Waals surface area (Å²) in [5.74, 6) is -0.873. The number of amides is 3. The lowest BCUT2D eigenvalue weighted by Crippen LogP contribution is -2.36. The minimum Gasteiger partial charge on any atom is -0.324 e. The molecule has 1 fully saturated rings. The predicted octanol–water partition coefficient (Wildman–Crippen LogP) is 4.64. The van der Waals surface area contributed by atoms with E-state index >= 15 is 0 Å². The third-order valence-corrected chi connectivity index (χ3v) is 5.52. The van der Waals surface area contributed by atoms with Gasteiger partial charge in [-0.25, -0.2) is 0 Å². The van der Waals surface area contributed by atoms with Crippen molar-refractivity contribution in [3.63, 3.8) is 0 Å². The Kier molecular flexibility index (Phi) is 6.73. The number of imide groups is 1. The molecule has 0 atom stereocenters. The second-order valence-corrected chi connectivity index (χ2v) is 7.71. The lowest BCUT2D eigenvalue weighted by atomic mass is 10.2. The van der Waals surface area contributed by atoms with E-state index in [-0.39, 0.29) is 6.54 Å². The summed E-state index contributed by atoms with van der Waals surface area (Å²) >= 11 is 2.40. The SMILES string of the molecule is CSc1cccc(NC(=O)CN2C(=O)S/C(=C\C=C\c3ccccc3)C2=O)c1. The number of anilines is 1. The van der Waals surface area contributed by atoms with Crippen LogP contribution in [0.3, 0.4) is 0 Å². The van der Waals surface area contributed by atoms with Gasteiger partial charge in [0, 0.05) is 10.6 Å². The molecule has 1 heterocycles. The second-order valence-electron chi connectivity index (χ2n) is 5.84. The molecule has 1 saturated heterocycles. The Morgan fingerprint density at radius 3 is 2.68 bits per heavy atom. The van der Waals surface area contributed by atoms with Crippen LogP contribution in [0.1, 0.15) is 5.56 Å². The Labute approximate surface area is 171 Å². The van der Waals surface area contributed by atoms with Gasteiger partial charge in [-0.3, -0.25) is 19.3 Å². The summed E-state index contributed by atoms with van der Waals surface area (Å²) in [6, 6.07) is 17.0. The Morgan fingerprint density at radius 1 is 1.14 bits per heavy atom. The van der Waals surface area contributed by atoms with E-state index in [1.807, 2.05) is 60.9 Å². The molecular formula is C21H18N2O3S2. The molecule has 0 unspecified atom stereocenters. The maximum absolute atomic E-state index is 12.4. The molecule has 5 nitrogen and oxygen atoms in total. The first-order valence-electron chi connectivity index (χ1n) is 8.48. The first-order valence-corrected chi connectivity index (χ1v) is 10.5. The van der Waals surface area contributed by atoms with Crippen LogP contribution in [0.2, 0.25) is 0 Å². The Hall–Kier alpha value is -2.77. The van der Waals surface area contributed by atoms with E-state index in [9.17, 15) is 14.4 Å². The third-order valence-electron chi connectivity index (χ3n) is 3.86. The largest absolute Gasteiger partial charge is 0.324 e. The normalized spacial score (nSPS) is 15.6. The summed E-state index contributed by atoms with van der Waals surface area (Å²) < 4.78 is 0. The number of nitrogens with one attached hydrogen (secondary N) is 1. The van der Waals surface area contributed by atoms with Crippen molar-refractivity contribution >= 4 is 52.3 Å². The highest BCUT2D eigenvalue weighted by molar-refractivity contribution is 8.18. The number of hydrogen-bond donors (Lipinski definition) is 1. The number of allylic oxidation sites excluding steroid dienone is 2. The molecule has 142 valence electrons. The number of thioether (sulfide) groups is 2. The highest BCUT2D eigenvalue weighted by atomic mass is 32.2. The van der Waals surface area contributed by atoms with Crippen LogP contribution in [0.15, 0.2) is 76.5 Å². The van der Waals surface area contributed by atoms with Crippen molar-refractivity contribution in [2.45, 2.75) is 4.90 Å². The molecule has 0 saturated carbocycles. The van der Waals surface area contributed by atoms with E-state index in [0.717, 1.165) is 27.1 Å². The Balaban J connectivity index is 1.62. The van der Waals surface area contributed by atoms with Crippen LogP contribution in [-0.2, 0) is 9.59 Å². The number of benzene rings is 2. The van der Waals surface area contributed by atoms with Gasteiger partial charge in [-0.15, -0.1) is 11.8 Å². The molecule has 3 rings (SSSR count). The number of hydrogen-bond acceptors (Lipinski definition) is 5. The first kappa shape index (κ1) is 20.0. The van der Waals surface area contributed by atoms with Crippen LogP contribution >= 0.6 is 23.5 Å². The molecule has 0 spiro atoms. The lowest BCUT2D eigenvalue weighted by molar-refractivity contribution is -0.127. The van der Waals surface area contributed by atoms with Crippen LogP contribution in [-0.4, -0.2) is 34.8 Å². The van der Waals surface area contributed by atoms with Crippen molar-refractivity contribution in [2.75, 3.05) is 18.1 Å². The highest BCUT2D eigenvalue weighted by Crippen LogP contribution is 2.30. The van der Waals surface area contributed by atoms with E-state index in [4.69, 9.17) is 0 Å². The monoisotopic (exact) mass is 410 g/mol. The van der Waals surface area contributed by atoms with E-state index in [1.54, 1.807) is 30.0 Å². The zero-order chi connectivity index (χ0) is 19.9. The zero-order valence-electron chi connectivity index (χ0n) is 15.1. The van der Waals surface area contributed by atoms with Gasteiger partial charge >= 0.3 is 0 Å². The fourth-order valence-corrected chi connectivity index (χ4v) is 3.76. The molecule has 0 radical (unpaired) electrons. The summed E-state index contributed by atoms with van der Waals surface area (Å²) in [7, 11) is 0. The fraction of sp³-hybridized carbons (Fsp3) is 0.0952. The predicted molar refractivity (Wildman–Crippen MR) is 115 cm³/mol. The molecule has 0 aromatic heterocycles. The van der Waals surface area contributed by atoms with Crippen LogP contribution < -0.4 is 5.32 Å². The highest BCUT2D eigenvalue weighted by Gasteiger charge is 2.35. The van der Waals surface area contributed by atoms with Gasteiger partial charge in [0.1, 0.15) is 6.54 Å². The van der Waals surface area contributed by atoms with Gasteiger partial charge in [-0.2, -0.15) is 0 Å². The minimum absolute atomic E-state index is 0.300. The van der Waals surface area contributed by atoms with Gasteiger partial charge in [-0.1, -0.05) is 48.6 Å². The van der Waals surface area contributed by atoms with Gasteiger partial charge in [0.2, 0.25) is 5.91 Å². The van der Waals surface area contributed by atoms with Crippen molar-refractivity contribution < 1.29 is 14.4 Å². The third kappa shape index (κ3) is 5.15. The molecule has 0 aliphatic carbocycles. The molecule has 1 aliphatic rings. The van der Waals surface area contributed by atoms with Gasteiger partial charge in [0.05, 0.1) is 4.91 Å². The molecule has 28 heavy (non-hydrogen) atoms. The zero-order valence-corrected chi connectivity index (χ0v) is 16.8. The average Bonchev–Trinajstić information content (AvgIpc) is 2.96. The molecule has 2 aromatic rings. The summed E-state index contributed by atoms with van der Waals surface area (Å²) in [4.78, 5) is 39.1. The average molecular weight is 411 g/mol. The Bertz CT molecular complexity index is 955.